The van der Waals surface area contributed by atoms with Gasteiger partial charge in [-0.1, -0.05) is 0 Å². The van der Waals surface area contributed by atoms with E-state index < -0.39 is 12.0 Å². The number of ether oxygens (including phenoxy) is 2. The van der Waals surface area contributed by atoms with Gasteiger partial charge >= 0.3 is 5.97 Å². The molecule has 8 heteroatoms. The fourth-order valence-corrected chi connectivity index (χ4v) is 1.35. The molecule has 0 rings (SSSR count). The summed E-state index contributed by atoms with van der Waals surface area (Å²) in [5.74, 6) is -0.842. The number of carbonyl (C=O) groups excluding carboxylic acids is 2. The van der Waals surface area contributed by atoms with Gasteiger partial charge in [0.2, 0.25) is 0 Å². The topological polar surface area (TPSA) is 114 Å². The van der Waals surface area contributed by atoms with E-state index in [4.69, 9.17) is 14.6 Å². The molecule has 1 unspecified atom stereocenters. The van der Waals surface area contributed by atoms with Crippen LogP contribution in [-0.4, -0.2) is 75.8 Å². The quantitative estimate of drug-likeness (QED) is 0.399. The van der Waals surface area contributed by atoms with Crippen molar-refractivity contribution in [3.63, 3.8) is 0 Å². The summed E-state index contributed by atoms with van der Waals surface area (Å²) < 4.78 is 10.1. The first-order valence-electron chi connectivity index (χ1n) is 7.54. The molecule has 0 aliphatic heterocycles. The van der Waals surface area contributed by atoms with Gasteiger partial charge in [-0.15, -0.1) is 0 Å². The van der Waals surface area contributed by atoms with Crippen LogP contribution >= 0.6 is 0 Å². The smallest absolute Gasteiger partial charge is 0.320 e. The summed E-state index contributed by atoms with van der Waals surface area (Å²) in [4.78, 5) is 31.2. The maximum atomic E-state index is 10.5. The Kier molecular flexibility index (Phi) is 17.7. The highest BCUT2D eigenvalue weighted by atomic mass is 16.5. The number of carboxylic acids is 1. The van der Waals surface area contributed by atoms with Crippen LogP contribution in [0.2, 0.25) is 0 Å². The molecule has 3 N–H and O–H groups in total. The molecular weight excluding hydrogens is 304 g/mol. The van der Waals surface area contributed by atoms with Crippen LogP contribution in [0, 0.1) is 0 Å². The Bertz CT molecular complexity index is 336. The van der Waals surface area contributed by atoms with E-state index in [9.17, 15) is 14.4 Å². The van der Waals surface area contributed by atoms with Gasteiger partial charge in [-0.25, -0.2) is 0 Å². The Morgan fingerprint density at radius 3 is 2.04 bits per heavy atom. The van der Waals surface area contributed by atoms with Crippen molar-refractivity contribution in [3.8, 4) is 0 Å². The Morgan fingerprint density at radius 2 is 1.61 bits per heavy atom. The van der Waals surface area contributed by atoms with Gasteiger partial charge in [0, 0.05) is 13.0 Å². The molecule has 0 heterocycles. The summed E-state index contributed by atoms with van der Waals surface area (Å²) in [6.07, 6.45) is 0.680. The van der Waals surface area contributed by atoms with Crippen LogP contribution in [0.4, 0.5) is 0 Å². The van der Waals surface area contributed by atoms with Crippen molar-refractivity contribution in [2.24, 2.45) is 0 Å². The van der Waals surface area contributed by atoms with Gasteiger partial charge in [0.25, 0.3) is 0 Å². The number of rotatable bonds is 13. The van der Waals surface area contributed by atoms with E-state index in [0.717, 1.165) is 6.54 Å². The second kappa shape index (κ2) is 17.0. The van der Waals surface area contributed by atoms with Crippen LogP contribution in [0.3, 0.4) is 0 Å². The van der Waals surface area contributed by atoms with Crippen LogP contribution in [0.15, 0.2) is 0 Å². The molecule has 0 amide bonds. The van der Waals surface area contributed by atoms with E-state index in [1.54, 1.807) is 7.05 Å². The number of likely N-dealkylation sites (N-methyl/N-ethyl adjacent to an activating group) is 2. The second-order valence-electron chi connectivity index (χ2n) is 4.89. The molecule has 0 aliphatic carbocycles. The Morgan fingerprint density at radius 1 is 1.00 bits per heavy atom. The van der Waals surface area contributed by atoms with E-state index in [2.05, 4.69) is 10.6 Å². The molecule has 0 bridgehead atoms. The molecule has 0 saturated heterocycles. The molecule has 0 fully saturated rings. The lowest BCUT2D eigenvalue weighted by Gasteiger charge is -2.08. The average Bonchev–Trinajstić information content (AvgIpc) is 2.46. The lowest BCUT2D eigenvalue weighted by Crippen LogP contribution is -2.34. The fraction of sp³-hybridized carbons (Fsp3) is 0.800. The number of aliphatic carboxylic acids is 1. The molecule has 0 spiro atoms. The van der Waals surface area contributed by atoms with Gasteiger partial charge in [-0.2, -0.15) is 0 Å². The van der Waals surface area contributed by atoms with E-state index in [1.807, 2.05) is 7.05 Å². The first kappa shape index (κ1) is 23.9. The largest absolute Gasteiger partial charge is 0.480 e. The van der Waals surface area contributed by atoms with Crippen LogP contribution in [0.1, 0.15) is 26.7 Å². The first-order valence-corrected chi connectivity index (χ1v) is 7.54. The number of Topliss-reactive ketones (excluding diaryl/α,β-unsaturated/α-hetero) is 2. The van der Waals surface area contributed by atoms with Crippen LogP contribution in [0.5, 0.6) is 0 Å². The third-order valence-electron chi connectivity index (χ3n) is 2.61. The number of carbonyl (C=O) groups is 3. The molecule has 0 saturated carbocycles. The minimum Gasteiger partial charge on any atom is -0.480 e. The van der Waals surface area contributed by atoms with Gasteiger partial charge in [-0.3, -0.25) is 9.59 Å². The highest BCUT2D eigenvalue weighted by molar-refractivity contribution is 5.78. The van der Waals surface area contributed by atoms with Gasteiger partial charge in [0.1, 0.15) is 18.4 Å². The van der Waals surface area contributed by atoms with E-state index >= 15 is 0 Å². The summed E-state index contributed by atoms with van der Waals surface area (Å²) in [5, 5.41) is 14.1. The third-order valence-corrected chi connectivity index (χ3v) is 2.61. The summed E-state index contributed by atoms with van der Waals surface area (Å²) in [6.45, 7) is 5.71. The SMILES string of the molecule is CNC(CCC(C)=O)C(=O)O.CNCCOCCOCC(C)=O. The number of nitrogens with one attached hydrogen (secondary N) is 2. The van der Waals surface area contributed by atoms with Crippen molar-refractivity contribution < 1.29 is 29.0 Å². The minimum atomic E-state index is -0.909. The molecule has 0 radical (unpaired) electrons. The normalized spacial score (nSPS) is 11.3. The molecule has 0 aromatic rings. The fourth-order valence-electron chi connectivity index (χ4n) is 1.35. The van der Waals surface area contributed by atoms with E-state index in [-0.39, 0.29) is 18.2 Å². The molecule has 1 atom stereocenters. The zero-order chi connectivity index (χ0) is 18.1. The molecule has 0 aliphatic rings. The van der Waals surface area contributed by atoms with Crippen molar-refractivity contribution in [2.75, 3.05) is 47.1 Å². The zero-order valence-electron chi connectivity index (χ0n) is 14.5. The lowest BCUT2D eigenvalue weighted by atomic mass is 10.1. The standard InChI is InChI=1S/C8H17NO3.C7H13NO3/c1-8(10)7-12-6-5-11-4-3-9-2;1-5(9)3-4-6(8-2)7(10)11/h9H,3-7H2,1-2H3;6,8H,3-4H2,1-2H3,(H,10,11). The summed E-state index contributed by atoms with van der Waals surface area (Å²) in [7, 11) is 3.44. The predicted octanol–water partition coefficient (Wildman–Crippen LogP) is -0.144. The molecular formula is C15H30N2O6. The summed E-state index contributed by atoms with van der Waals surface area (Å²) in [5.41, 5.74) is 0. The molecule has 0 aromatic heterocycles. The van der Waals surface area contributed by atoms with Crippen molar-refractivity contribution in [3.05, 3.63) is 0 Å². The Balaban J connectivity index is 0. The predicted molar refractivity (Wildman–Crippen MR) is 86.6 cm³/mol. The average molecular weight is 334 g/mol. The molecule has 0 aromatic carbocycles. The number of ketones is 2. The lowest BCUT2D eigenvalue weighted by molar-refractivity contribution is -0.139. The minimum absolute atomic E-state index is 0.0199. The van der Waals surface area contributed by atoms with E-state index in [1.165, 1.54) is 13.8 Å². The number of carboxylic acid groups (broad SMARTS) is 1. The van der Waals surface area contributed by atoms with Crippen molar-refractivity contribution in [1.82, 2.24) is 10.6 Å². The molecule has 8 nitrogen and oxygen atoms in total. The highest BCUT2D eigenvalue weighted by Gasteiger charge is 2.14. The second-order valence-corrected chi connectivity index (χ2v) is 4.89. The number of hydrogen-bond donors (Lipinski definition) is 3. The monoisotopic (exact) mass is 334 g/mol. The third kappa shape index (κ3) is 20.6. The van der Waals surface area contributed by atoms with Gasteiger partial charge in [0.05, 0.1) is 19.8 Å². The van der Waals surface area contributed by atoms with Crippen LogP contribution in [0.25, 0.3) is 0 Å². The van der Waals surface area contributed by atoms with Gasteiger partial charge in [-0.05, 0) is 34.4 Å². The van der Waals surface area contributed by atoms with Gasteiger partial charge < -0.3 is 30.0 Å². The van der Waals surface area contributed by atoms with Crippen LogP contribution in [-0.2, 0) is 23.9 Å². The molecule has 23 heavy (non-hydrogen) atoms. The Labute approximate surface area is 137 Å². The van der Waals surface area contributed by atoms with Crippen molar-refractivity contribution in [1.29, 1.82) is 0 Å². The zero-order valence-corrected chi connectivity index (χ0v) is 14.5. The highest BCUT2D eigenvalue weighted by Crippen LogP contribution is 1.97. The van der Waals surface area contributed by atoms with Crippen molar-refractivity contribution in [2.45, 2.75) is 32.7 Å². The summed E-state index contributed by atoms with van der Waals surface area (Å²) >= 11 is 0. The Hall–Kier alpha value is -1.35. The maximum absolute atomic E-state index is 10.5. The van der Waals surface area contributed by atoms with Gasteiger partial charge in [0.15, 0.2) is 5.78 Å². The summed E-state index contributed by atoms with van der Waals surface area (Å²) in [6, 6.07) is -0.598. The maximum Gasteiger partial charge on any atom is 0.320 e. The van der Waals surface area contributed by atoms with Crippen molar-refractivity contribution >= 4 is 17.5 Å². The molecule has 136 valence electrons. The van der Waals surface area contributed by atoms with E-state index in [0.29, 0.717) is 32.7 Å². The number of hydrogen-bond acceptors (Lipinski definition) is 7. The first-order chi connectivity index (χ1) is 10.8. The van der Waals surface area contributed by atoms with Crippen LogP contribution < -0.4 is 10.6 Å².